The van der Waals surface area contributed by atoms with Crippen LogP contribution < -0.4 is 10.4 Å². The number of benzene rings is 2. The van der Waals surface area contributed by atoms with Gasteiger partial charge < -0.3 is 14.6 Å². The molecule has 2 aromatic rings. The van der Waals surface area contributed by atoms with Crippen LogP contribution in [0.25, 0.3) is 0 Å². The van der Waals surface area contributed by atoms with E-state index < -0.39 is 14.4 Å². The molecule has 4 heteroatoms. The Kier molecular flexibility index (Phi) is 7.56. The zero-order chi connectivity index (χ0) is 19.9. The van der Waals surface area contributed by atoms with E-state index in [-0.39, 0.29) is 17.7 Å². The first kappa shape index (κ1) is 21.6. The van der Waals surface area contributed by atoms with Gasteiger partial charge >= 0.3 is 0 Å². The smallest absolute Gasteiger partial charge is 0.261 e. The molecule has 146 valence electrons. The van der Waals surface area contributed by atoms with E-state index in [1.165, 1.54) is 10.4 Å². The van der Waals surface area contributed by atoms with E-state index in [4.69, 9.17) is 4.43 Å². The van der Waals surface area contributed by atoms with Crippen molar-refractivity contribution in [2.24, 2.45) is 0 Å². The predicted octanol–water partition coefficient (Wildman–Crippen LogP) is 3.25. The lowest BCUT2D eigenvalue weighted by molar-refractivity contribution is 0.0479. The van der Waals surface area contributed by atoms with Gasteiger partial charge in [0, 0.05) is 6.42 Å². The molecule has 0 radical (unpaired) electrons. The van der Waals surface area contributed by atoms with Gasteiger partial charge in [-0.2, -0.15) is 0 Å². The molecule has 0 aliphatic carbocycles. The van der Waals surface area contributed by atoms with Gasteiger partial charge in [0.2, 0.25) is 0 Å². The first-order chi connectivity index (χ1) is 12.8. The molecule has 2 N–H and O–H groups in total. The summed E-state index contributed by atoms with van der Waals surface area (Å²) >= 11 is 0. The van der Waals surface area contributed by atoms with Crippen molar-refractivity contribution in [2.45, 2.75) is 50.9 Å². The molecule has 2 atom stereocenters. The van der Waals surface area contributed by atoms with Crippen LogP contribution in [0.3, 0.4) is 0 Å². The monoisotopic (exact) mass is 384 g/mol. The van der Waals surface area contributed by atoms with Crippen LogP contribution in [0, 0.1) is 0 Å². The van der Waals surface area contributed by atoms with Gasteiger partial charge in [0.15, 0.2) is 0 Å². The van der Waals surface area contributed by atoms with Crippen LogP contribution in [-0.4, -0.2) is 37.3 Å². The number of rotatable bonds is 9. The van der Waals surface area contributed by atoms with E-state index >= 15 is 0 Å². The molecule has 0 bridgehead atoms. The standard InChI is InChI=1S/C23H32O3Si/c1-5-12-20(17-19(25)18-24)26-27(23(2,3)4,21-13-8-6-9-14-21)22-15-10-7-11-16-22/h5-11,13-16,19-20,24-25H,1,12,17-18H2,2-4H3/t19-,20-/m0/s1. The molecule has 0 aliphatic rings. The average molecular weight is 385 g/mol. The van der Waals surface area contributed by atoms with Gasteiger partial charge in [-0.15, -0.1) is 6.58 Å². The number of aliphatic hydroxyl groups excluding tert-OH is 2. The molecule has 0 saturated carbocycles. The lowest BCUT2D eigenvalue weighted by atomic mass is 10.1. The van der Waals surface area contributed by atoms with E-state index in [9.17, 15) is 10.2 Å². The van der Waals surface area contributed by atoms with Gasteiger partial charge in [0.05, 0.1) is 18.8 Å². The summed E-state index contributed by atoms with van der Waals surface area (Å²) in [5.41, 5.74) is 0. The van der Waals surface area contributed by atoms with Crippen molar-refractivity contribution >= 4 is 18.7 Å². The molecule has 2 rings (SSSR count). The van der Waals surface area contributed by atoms with Gasteiger partial charge in [0.1, 0.15) is 0 Å². The van der Waals surface area contributed by atoms with Crippen molar-refractivity contribution in [2.75, 3.05) is 6.61 Å². The maximum atomic E-state index is 10.0. The first-order valence-corrected chi connectivity index (χ1v) is 11.4. The number of aliphatic hydroxyl groups is 2. The Hall–Kier alpha value is -1.72. The average Bonchev–Trinajstić information content (AvgIpc) is 2.66. The second kappa shape index (κ2) is 9.47. The fourth-order valence-electron chi connectivity index (χ4n) is 3.70. The fraction of sp³-hybridized carbons (Fsp3) is 0.391. The fourth-order valence-corrected chi connectivity index (χ4v) is 8.40. The number of hydrogen-bond acceptors (Lipinski definition) is 3. The van der Waals surface area contributed by atoms with Gasteiger partial charge in [-0.3, -0.25) is 0 Å². The quantitative estimate of drug-likeness (QED) is 0.515. The van der Waals surface area contributed by atoms with Crippen LogP contribution in [-0.2, 0) is 4.43 Å². The SMILES string of the molecule is C=CC[C@@H](C[C@H](O)CO)O[Si](c1ccccc1)(c1ccccc1)C(C)(C)C. The van der Waals surface area contributed by atoms with Crippen LogP contribution in [0.4, 0.5) is 0 Å². The molecule has 0 aromatic heterocycles. The van der Waals surface area contributed by atoms with Gasteiger partial charge in [-0.05, 0) is 21.8 Å². The lowest BCUT2D eigenvalue weighted by Crippen LogP contribution is -2.67. The highest BCUT2D eigenvalue weighted by molar-refractivity contribution is 6.99. The topological polar surface area (TPSA) is 49.7 Å². The van der Waals surface area contributed by atoms with E-state index in [1.807, 2.05) is 18.2 Å². The van der Waals surface area contributed by atoms with E-state index in [1.54, 1.807) is 0 Å². The van der Waals surface area contributed by atoms with Crippen molar-refractivity contribution in [1.29, 1.82) is 0 Å². The first-order valence-electron chi connectivity index (χ1n) is 9.54. The molecule has 0 amide bonds. The van der Waals surface area contributed by atoms with Gasteiger partial charge in [-0.25, -0.2) is 0 Å². The summed E-state index contributed by atoms with van der Waals surface area (Å²) in [6.45, 7) is 10.3. The molecule has 0 spiro atoms. The summed E-state index contributed by atoms with van der Waals surface area (Å²) < 4.78 is 6.98. The van der Waals surface area contributed by atoms with E-state index in [0.717, 1.165) is 0 Å². The second-order valence-corrected chi connectivity index (χ2v) is 12.3. The molecule has 0 heterocycles. The minimum absolute atomic E-state index is 0.126. The van der Waals surface area contributed by atoms with Gasteiger partial charge in [-0.1, -0.05) is 87.5 Å². The summed E-state index contributed by atoms with van der Waals surface area (Å²) in [7, 11) is -2.67. The highest BCUT2D eigenvalue weighted by Gasteiger charge is 2.51. The highest BCUT2D eigenvalue weighted by Crippen LogP contribution is 2.38. The van der Waals surface area contributed by atoms with E-state index in [2.05, 4.69) is 75.9 Å². The van der Waals surface area contributed by atoms with E-state index in [0.29, 0.717) is 12.8 Å². The van der Waals surface area contributed by atoms with Crippen LogP contribution >= 0.6 is 0 Å². The molecular formula is C23H32O3Si. The molecule has 3 nitrogen and oxygen atoms in total. The highest BCUT2D eigenvalue weighted by atomic mass is 28.4. The minimum Gasteiger partial charge on any atom is -0.404 e. The Balaban J connectivity index is 2.62. The Morgan fingerprint density at radius 1 is 1.00 bits per heavy atom. The second-order valence-electron chi connectivity index (χ2n) is 8.00. The van der Waals surface area contributed by atoms with Crippen LogP contribution in [0.15, 0.2) is 73.3 Å². The van der Waals surface area contributed by atoms with Gasteiger partial charge in [0.25, 0.3) is 8.32 Å². The summed E-state index contributed by atoms with van der Waals surface area (Å²) in [5, 5.41) is 21.7. The van der Waals surface area contributed by atoms with Crippen molar-refractivity contribution in [3.8, 4) is 0 Å². The zero-order valence-electron chi connectivity index (χ0n) is 16.6. The van der Waals surface area contributed by atoms with Crippen LogP contribution in [0.5, 0.6) is 0 Å². The molecule has 0 fully saturated rings. The third-order valence-electron chi connectivity index (χ3n) is 4.94. The Morgan fingerprint density at radius 3 is 1.85 bits per heavy atom. The normalized spacial score (nSPS) is 14.6. The molecular weight excluding hydrogens is 352 g/mol. The van der Waals surface area contributed by atoms with Crippen molar-refractivity contribution in [3.05, 3.63) is 73.3 Å². The molecule has 2 aromatic carbocycles. The largest absolute Gasteiger partial charge is 0.404 e. The Morgan fingerprint density at radius 2 is 1.48 bits per heavy atom. The summed E-state index contributed by atoms with van der Waals surface area (Å²) in [6, 6.07) is 20.9. The van der Waals surface area contributed by atoms with Crippen molar-refractivity contribution in [3.63, 3.8) is 0 Å². The van der Waals surface area contributed by atoms with Crippen molar-refractivity contribution < 1.29 is 14.6 Å². The number of hydrogen-bond donors (Lipinski definition) is 2. The zero-order valence-corrected chi connectivity index (χ0v) is 17.6. The third-order valence-corrected chi connectivity index (χ3v) is 10.0. The predicted molar refractivity (Wildman–Crippen MR) is 115 cm³/mol. The minimum atomic E-state index is -2.67. The summed E-state index contributed by atoms with van der Waals surface area (Å²) in [6.07, 6.45) is 1.82. The maximum absolute atomic E-state index is 10.0. The van der Waals surface area contributed by atoms with Crippen molar-refractivity contribution in [1.82, 2.24) is 0 Å². The molecule has 0 saturated heterocycles. The molecule has 0 unspecified atom stereocenters. The molecule has 0 aliphatic heterocycles. The van der Waals surface area contributed by atoms with Crippen LogP contribution in [0.2, 0.25) is 5.04 Å². The summed E-state index contributed by atoms with van der Waals surface area (Å²) in [4.78, 5) is 0. The third kappa shape index (κ3) is 4.96. The Bertz CT molecular complexity index is 655. The Labute approximate surface area is 164 Å². The van der Waals surface area contributed by atoms with Crippen LogP contribution in [0.1, 0.15) is 33.6 Å². The molecule has 27 heavy (non-hydrogen) atoms. The maximum Gasteiger partial charge on any atom is 0.261 e. The summed E-state index contributed by atoms with van der Waals surface area (Å²) in [5.74, 6) is 0. The lowest BCUT2D eigenvalue weighted by Gasteiger charge is -2.45.